The van der Waals surface area contributed by atoms with Crippen molar-refractivity contribution < 1.29 is 0 Å². The van der Waals surface area contributed by atoms with Crippen LogP contribution in [0.5, 0.6) is 0 Å². The molecule has 0 bridgehead atoms. The van der Waals surface area contributed by atoms with E-state index in [-0.39, 0.29) is 0 Å². The first kappa shape index (κ1) is 8.72. The van der Waals surface area contributed by atoms with Gasteiger partial charge in [0.15, 0.2) is 17.5 Å². The quantitative estimate of drug-likeness (QED) is 0.651. The third-order valence-electron chi connectivity index (χ3n) is 2.04. The molecule has 0 aromatic carbocycles. The van der Waals surface area contributed by atoms with Crippen LogP contribution in [0.15, 0.2) is 30.9 Å². The maximum Gasteiger partial charge on any atom is 0.193 e. The summed E-state index contributed by atoms with van der Waals surface area (Å²) in [7, 11) is 0. The number of aromatic amines is 2. The second-order valence-corrected chi connectivity index (χ2v) is 3.08. The maximum atomic E-state index is 4.28. The van der Waals surface area contributed by atoms with Gasteiger partial charge in [0.2, 0.25) is 0 Å². The Morgan fingerprint density at radius 1 is 1.12 bits per heavy atom. The maximum absolute atomic E-state index is 4.28. The van der Waals surface area contributed by atoms with Crippen LogP contribution in [0.2, 0.25) is 0 Å². The average molecular weight is 213 g/mol. The molecule has 0 saturated carbocycles. The Morgan fingerprint density at radius 2 is 2.12 bits per heavy atom. The van der Waals surface area contributed by atoms with E-state index in [2.05, 4.69) is 35.3 Å². The molecule has 3 aromatic heterocycles. The number of H-pyrrole nitrogens is 2. The van der Waals surface area contributed by atoms with Crippen LogP contribution in [0.1, 0.15) is 0 Å². The second kappa shape index (κ2) is 3.54. The molecular weight excluding hydrogens is 206 g/mol. The van der Waals surface area contributed by atoms with Crippen LogP contribution in [-0.2, 0) is 0 Å². The number of aromatic nitrogens is 7. The van der Waals surface area contributed by atoms with E-state index in [0.29, 0.717) is 17.5 Å². The van der Waals surface area contributed by atoms with E-state index < -0.39 is 0 Å². The minimum absolute atomic E-state index is 0.552. The summed E-state index contributed by atoms with van der Waals surface area (Å²) in [6.07, 6.45) is 4.82. The number of rotatable bonds is 2. The van der Waals surface area contributed by atoms with Crippen molar-refractivity contribution in [3.05, 3.63) is 30.9 Å². The van der Waals surface area contributed by atoms with E-state index in [9.17, 15) is 0 Å². The van der Waals surface area contributed by atoms with Crippen molar-refractivity contribution in [1.29, 1.82) is 0 Å². The molecule has 16 heavy (non-hydrogen) atoms. The Bertz CT molecular complexity index is 569. The molecule has 0 amide bonds. The van der Waals surface area contributed by atoms with Crippen molar-refractivity contribution in [2.75, 3.05) is 0 Å². The molecule has 0 atom stereocenters. The van der Waals surface area contributed by atoms with E-state index in [1.165, 1.54) is 6.33 Å². The third kappa shape index (κ3) is 1.44. The highest BCUT2D eigenvalue weighted by Gasteiger charge is 2.09. The highest BCUT2D eigenvalue weighted by Crippen LogP contribution is 2.15. The van der Waals surface area contributed by atoms with Gasteiger partial charge in [-0.1, -0.05) is 0 Å². The van der Waals surface area contributed by atoms with Crippen LogP contribution in [0, 0.1) is 0 Å². The van der Waals surface area contributed by atoms with E-state index in [1.54, 1.807) is 12.4 Å². The number of hydrogen-bond acceptors (Lipinski definition) is 5. The van der Waals surface area contributed by atoms with Crippen molar-refractivity contribution in [2.45, 2.75) is 0 Å². The Morgan fingerprint density at radius 3 is 2.88 bits per heavy atom. The van der Waals surface area contributed by atoms with Gasteiger partial charge in [0.05, 0.1) is 0 Å². The lowest BCUT2D eigenvalue weighted by atomic mass is 10.3. The number of nitrogens with zero attached hydrogens (tertiary/aromatic N) is 5. The molecule has 78 valence electrons. The Hall–Kier alpha value is -2.57. The van der Waals surface area contributed by atoms with E-state index in [1.807, 2.05) is 12.1 Å². The molecule has 7 heteroatoms. The van der Waals surface area contributed by atoms with Crippen LogP contribution in [0.25, 0.3) is 23.0 Å². The highest BCUT2D eigenvalue weighted by molar-refractivity contribution is 5.55. The summed E-state index contributed by atoms with van der Waals surface area (Å²) < 4.78 is 0. The predicted molar refractivity (Wildman–Crippen MR) is 55.0 cm³/mol. The largest absolute Gasteiger partial charge is 0.264 e. The van der Waals surface area contributed by atoms with Crippen LogP contribution in [0.3, 0.4) is 0 Å². The highest BCUT2D eigenvalue weighted by atomic mass is 15.3. The summed E-state index contributed by atoms with van der Waals surface area (Å²) in [4.78, 5) is 12.3. The normalized spacial score (nSPS) is 10.5. The van der Waals surface area contributed by atoms with Crippen molar-refractivity contribution in [3.63, 3.8) is 0 Å². The summed E-state index contributed by atoms with van der Waals surface area (Å²) in [5.74, 6) is 1.69. The molecule has 3 rings (SSSR count). The molecule has 3 aromatic rings. The first-order valence-electron chi connectivity index (χ1n) is 4.62. The van der Waals surface area contributed by atoms with Gasteiger partial charge in [-0.05, 0) is 12.1 Å². The van der Waals surface area contributed by atoms with Gasteiger partial charge in [0.25, 0.3) is 0 Å². The monoisotopic (exact) mass is 213 g/mol. The lowest BCUT2D eigenvalue weighted by Gasteiger charge is -1.90. The molecule has 0 spiro atoms. The van der Waals surface area contributed by atoms with E-state index in [0.717, 1.165) is 5.56 Å². The fourth-order valence-electron chi connectivity index (χ4n) is 1.31. The molecular formula is C9H7N7. The first-order valence-corrected chi connectivity index (χ1v) is 4.62. The topological polar surface area (TPSA) is 96.0 Å². The molecule has 0 aliphatic carbocycles. The Labute approximate surface area is 90.0 Å². The SMILES string of the molecule is c1cncc(-c2n[nH]c(-c3ncn[nH]3)n2)c1. The van der Waals surface area contributed by atoms with Crippen LogP contribution < -0.4 is 0 Å². The fraction of sp³-hybridized carbons (Fsp3) is 0. The van der Waals surface area contributed by atoms with E-state index >= 15 is 0 Å². The van der Waals surface area contributed by atoms with Crippen molar-refractivity contribution >= 4 is 0 Å². The minimum atomic E-state index is 0.552. The van der Waals surface area contributed by atoms with Crippen LogP contribution in [-0.4, -0.2) is 35.3 Å². The number of hydrogen-bond donors (Lipinski definition) is 2. The fourth-order valence-corrected chi connectivity index (χ4v) is 1.31. The molecule has 0 unspecified atom stereocenters. The third-order valence-corrected chi connectivity index (χ3v) is 2.04. The summed E-state index contributed by atoms with van der Waals surface area (Å²) in [5, 5.41) is 13.3. The number of pyridine rings is 1. The smallest absolute Gasteiger partial charge is 0.193 e. The molecule has 0 saturated heterocycles. The molecule has 2 N–H and O–H groups in total. The van der Waals surface area contributed by atoms with Gasteiger partial charge in [-0.3, -0.25) is 15.2 Å². The van der Waals surface area contributed by atoms with Gasteiger partial charge in [-0.15, -0.1) is 0 Å². The summed E-state index contributed by atoms with van der Waals surface area (Å²) in [6, 6.07) is 3.72. The van der Waals surface area contributed by atoms with Gasteiger partial charge in [0, 0.05) is 18.0 Å². The standard InChI is InChI=1S/C9H7N7/c1-2-6(4-10-3-1)7-13-9(16-15-7)8-11-5-12-14-8/h1-5H,(H,11,12,14)(H,13,15,16). The van der Waals surface area contributed by atoms with Crippen molar-refractivity contribution in [2.24, 2.45) is 0 Å². The van der Waals surface area contributed by atoms with Gasteiger partial charge in [-0.25, -0.2) is 9.97 Å². The predicted octanol–water partition coefficient (Wildman–Crippen LogP) is 0.652. The summed E-state index contributed by atoms with van der Waals surface area (Å²) in [6.45, 7) is 0. The summed E-state index contributed by atoms with van der Waals surface area (Å²) >= 11 is 0. The molecule has 0 radical (unpaired) electrons. The molecule has 7 nitrogen and oxygen atoms in total. The van der Waals surface area contributed by atoms with Crippen molar-refractivity contribution in [3.8, 4) is 23.0 Å². The zero-order valence-electron chi connectivity index (χ0n) is 8.12. The zero-order chi connectivity index (χ0) is 10.8. The van der Waals surface area contributed by atoms with Crippen molar-refractivity contribution in [1.82, 2.24) is 35.3 Å². The Kier molecular flexibility index (Phi) is 1.93. The lowest BCUT2D eigenvalue weighted by Crippen LogP contribution is -1.83. The zero-order valence-corrected chi connectivity index (χ0v) is 8.12. The number of nitrogens with one attached hydrogen (secondary N) is 2. The minimum Gasteiger partial charge on any atom is -0.264 e. The van der Waals surface area contributed by atoms with Crippen LogP contribution >= 0.6 is 0 Å². The van der Waals surface area contributed by atoms with Gasteiger partial charge in [-0.2, -0.15) is 10.2 Å². The molecule has 0 aliphatic rings. The second-order valence-electron chi connectivity index (χ2n) is 3.08. The molecule has 0 fully saturated rings. The average Bonchev–Trinajstić information content (AvgIpc) is 3.01. The van der Waals surface area contributed by atoms with Gasteiger partial charge in [0.1, 0.15) is 6.33 Å². The van der Waals surface area contributed by atoms with Crippen LogP contribution in [0.4, 0.5) is 0 Å². The van der Waals surface area contributed by atoms with E-state index in [4.69, 9.17) is 0 Å². The molecule has 0 aliphatic heterocycles. The van der Waals surface area contributed by atoms with Gasteiger partial charge < -0.3 is 0 Å². The van der Waals surface area contributed by atoms with Gasteiger partial charge >= 0.3 is 0 Å². The summed E-state index contributed by atoms with van der Waals surface area (Å²) in [5.41, 5.74) is 0.851. The lowest BCUT2D eigenvalue weighted by molar-refractivity contribution is 1.05. The first-order chi connectivity index (χ1) is 7.93. The molecule has 3 heterocycles. The Balaban J connectivity index is 2.00.